The molecule has 0 fully saturated rings. The summed E-state index contributed by atoms with van der Waals surface area (Å²) in [4.78, 5) is 0. The predicted molar refractivity (Wildman–Crippen MR) is 40.3 cm³/mol. The average Bonchev–Trinajstić information content (AvgIpc) is 1.83. The minimum absolute atomic E-state index is 2.16. The molecule has 0 nitrogen and oxygen atoms in total. The van der Waals surface area contributed by atoms with Crippen LogP contribution in [0.2, 0.25) is 0 Å². The lowest BCUT2D eigenvalue weighted by molar-refractivity contribution is 0.160. The molecule has 0 aliphatic rings. The summed E-state index contributed by atoms with van der Waals surface area (Å²) in [7, 11) is 0. The van der Waals surface area contributed by atoms with Gasteiger partial charge in [0.1, 0.15) is 0 Å². The van der Waals surface area contributed by atoms with E-state index in [1.54, 1.807) is 0 Å². The number of halogens is 8. The number of rotatable bonds is 2. The molecule has 0 rings (SSSR count). The molecule has 0 aromatic rings. The van der Waals surface area contributed by atoms with Crippen LogP contribution in [0.5, 0.6) is 0 Å². The highest BCUT2D eigenvalue weighted by atomic mass is 35.5. The molecular formula is C4Cl4F4. The molecule has 0 aromatic heterocycles. The molecule has 0 saturated heterocycles. The van der Waals surface area contributed by atoms with Gasteiger partial charge in [0.25, 0.3) is 0 Å². The van der Waals surface area contributed by atoms with Crippen LogP contribution in [0, 0.1) is 0 Å². The molecule has 0 aliphatic heterocycles. The Bertz CT molecular complexity index is 202. The first-order valence-electron chi connectivity index (χ1n) is 2.26. The van der Waals surface area contributed by atoms with Gasteiger partial charge >= 0.3 is 9.72 Å². The van der Waals surface area contributed by atoms with Crippen LogP contribution in [0.1, 0.15) is 0 Å². The molecule has 0 amide bonds. The number of alkyl halides is 5. The Labute approximate surface area is 85.0 Å². The van der Waals surface area contributed by atoms with Crippen molar-refractivity contribution in [3.63, 3.8) is 0 Å². The van der Waals surface area contributed by atoms with Crippen LogP contribution in [0.3, 0.4) is 0 Å². The van der Waals surface area contributed by atoms with Crippen molar-refractivity contribution in [3.8, 4) is 0 Å². The van der Waals surface area contributed by atoms with E-state index in [1.807, 2.05) is 0 Å². The molecule has 0 aliphatic carbocycles. The fourth-order valence-electron chi connectivity index (χ4n) is 0.243. The fourth-order valence-corrected chi connectivity index (χ4v) is 0.671. The highest BCUT2D eigenvalue weighted by Gasteiger charge is 2.55. The van der Waals surface area contributed by atoms with Crippen molar-refractivity contribution in [1.29, 1.82) is 0 Å². The third kappa shape index (κ3) is 2.55. The Hall–Kier alpha value is 0.620. The summed E-state index contributed by atoms with van der Waals surface area (Å²) in [6, 6.07) is 0. The molecule has 0 bridgehead atoms. The van der Waals surface area contributed by atoms with Crippen LogP contribution in [-0.4, -0.2) is 9.72 Å². The van der Waals surface area contributed by atoms with Gasteiger partial charge in [-0.1, -0.05) is 34.8 Å². The first-order valence-corrected chi connectivity index (χ1v) is 3.77. The molecule has 0 N–H and O–H groups in total. The second kappa shape index (κ2) is 3.78. The van der Waals surface area contributed by atoms with Crippen molar-refractivity contribution in [1.82, 2.24) is 0 Å². The lowest BCUT2D eigenvalue weighted by Crippen LogP contribution is -2.34. The average molecular weight is 266 g/mol. The van der Waals surface area contributed by atoms with Crippen LogP contribution in [0.15, 0.2) is 11.1 Å². The zero-order chi connectivity index (χ0) is 10.2. The molecule has 0 heterocycles. The normalized spacial score (nSPS) is 20.0. The number of hydrogen-bond acceptors (Lipinski definition) is 0. The molecule has 12 heavy (non-hydrogen) atoms. The zero-order valence-electron chi connectivity index (χ0n) is 5.02. The maximum Gasteiger partial charge on any atom is 0.312 e. The van der Waals surface area contributed by atoms with Gasteiger partial charge in [0.2, 0.25) is 11.1 Å². The monoisotopic (exact) mass is 264 g/mol. The lowest BCUT2D eigenvalue weighted by atomic mass is 10.4. The van der Waals surface area contributed by atoms with Crippen molar-refractivity contribution in [2.75, 3.05) is 0 Å². The van der Waals surface area contributed by atoms with Crippen LogP contribution in [0.25, 0.3) is 0 Å². The van der Waals surface area contributed by atoms with Gasteiger partial charge < -0.3 is 0 Å². The molecule has 0 saturated carbocycles. The van der Waals surface area contributed by atoms with Crippen LogP contribution >= 0.6 is 46.4 Å². The summed E-state index contributed by atoms with van der Waals surface area (Å²) < 4.78 is 45.1. The van der Waals surface area contributed by atoms with Gasteiger partial charge in [-0.05, 0) is 11.6 Å². The Morgan fingerprint density at radius 1 is 1.00 bits per heavy atom. The summed E-state index contributed by atoms with van der Waals surface area (Å²) in [5.41, 5.74) is 0. The summed E-state index contributed by atoms with van der Waals surface area (Å²) in [6.07, 6.45) is 0. The van der Waals surface area contributed by atoms with E-state index in [0.717, 1.165) is 0 Å². The van der Waals surface area contributed by atoms with Crippen LogP contribution < -0.4 is 0 Å². The molecule has 8 heteroatoms. The van der Waals surface area contributed by atoms with Gasteiger partial charge in [0.05, 0.1) is 0 Å². The molecule has 1 unspecified atom stereocenters. The van der Waals surface area contributed by atoms with E-state index < -0.39 is 20.8 Å². The third-order valence-corrected chi connectivity index (χ3v) is 2.10. The second-order valence-electron chi connectivity index (χ2n) is 1.65. The van der Waals surface area contributed by atoms with Crippen molar-refractivity contribution in [2.24, 2.45) is 0 Å². The lowest BCUT2D eigenvalue weighted by Gasteiger charge is -2.21. The van der Waals surface area contributed by atoms with Gasteiger partial charge in [0.15, 0.2) is 0 Å². The zero-order valence-corrected chi connectivity index (χ0v) is 8.05. The van der Waals surface area contributed by atoms with E-state index in [0.29, 0.717) is 0 Å². The van der Waals surface area contributed by atoms with E-state index in [9.17, 15) is 17.6 Å². The van der Waals surface area contributed by atoms with E-state index in [2.05, 4.69) is 46.4 Å². The number of hydrogen-bond donors (Lipinski definition) is 0. The van der Waals surface area contributed by atoms with E-state index in [1.165, 1.54) is 0 Å². The highest BCUT2D eigenvalue weighted by molar-refractivity contribution is 6.52. The van der Waals surface area contributed by atoms with Gasteiger partial charge in [0, 0.05) is 0 Å². The summed E-state index contributed by atoms with van der Waals surface area (Å²) >= 11 is 17.8. The smallest absolute Gasteiger partial charge is 0.211 e. The predicted octanol–water partition coefficient (Wildman–Crippen LogP) is 4.34. The van der Waals surface area contributed by atoms with Crippen molar-refractivity contribution >= 4 is 46.4 Å². The van der Waals surface area contributed by atoms with Gasteiger partial charge in [-0.15, -0.1) is 0 Å². The quantitative estimate of drug-likeness (QED) is 0.515. The number of allylic oxidation sites excluding steroid dienone is 1. The third-order valence-electron chi connectivity index (χ3n) is 0.798. The largest absolute Gasteiger partial charge is 0.312 e. The molecule has 0 spiro atoms. The minimum atomic E-state index is -4.04. The molecule has 72 valence electrons. The van der Waals surface area contributed by atoms with Crippen molar-refractivity contribution in [2.45, 2.75) is 9.72 Å². The molecule has 0 aromatic carbocycles. The molecule has 0 radical (unpaired) electrons. The first kappa shape index (κ1) is 12.6. The minimum Gasteiger partial charge on any atom is -0.211 e. The van der Waals surface area contributed by atoms with E-state index >= 15 is 0 Å². The summed E-state index contributed by atoms with van der Waals surface area (Å²) in [5, 5.41) is -6.20. The van der Waals surface area contributed by atoms with E-state index in [-0.39, 0.29) is 0 Å². The highest BCUT2D eigenvalue weighted by Crippen LogP contribution is 2.48. The first-order chi connectivity index (χ1) is 5.10. The van der Waals surface area contributed by atoms with Gasteiger partial charge in [-0.2, -0.15) is 4.39 Å². The Kier molecular flexibility index (Phi) is 3.98. The Morgan fingerprint density at radius 2 is 1.33 bits per heavy atom. The standard InChI is InChI=1S/C4Cl4F4/c5-2(10)1(9)3(6,11)4(7,8)12/b2-1+. The maximum atomic E-state index is 12.6. The Morgan fingerprint density at radius 3 is 1.42 bits per heavy atom. The Balaban J connectivity index is 5.01. The van der Waals surface area contributed by atoms with Crippen LogP contribution in [0.4, 0.5) is 17.6 Å². The van der Waals surface area contributed by atoms with Crippen molar-refractivity contribution < 1.29 is 17.6 Å². The second-order valence-corrected chi connectivity index (χ2v) is 3.73. The van der Waals surface area contributed by atoms with Crippen molar-refractivity contribution in [3.05, 3.63) is 11.1 Å². The summed E-state index contributed by atoms with van der Waals surface area (Å²) in [6.45, 7) is 0. The molecule has 1 atom stereocenters. The van der Waals surface area contributed by atoms with Gasteiger partial charge in [-0.3, -0.25) is 0 Å². The molecular weight excluding hydrogens is 266 g/mol. The maximum absolute atomic E-state index is 12.6. The van der Waals surface area contributed by atoms with E-state index in [4.69, 9.17) is 0 Å². The van der Waals surface area contributed by atoms with Crippen LogP contribution in [-0.2, 0) is 0 Å². The fraction of sp³-hybridized carbons (Fsp3) is 0.500. The SMILES string of the molecule is F/C(Cl)=C(/F)C(F)(Cl)C(F)(Cl)Cl. The topological polar surface area (TPSA) is 0 Å². The summed E-state index contributed by atoms with van der Waals surface area (Å²) in [5.74, 6) is -2.42. The van der Waals surface area contributed by atoms with Gasteiger partial charge in [-0.25, -0.2) is 13.2 Å².